The molecule has 0 aromatic carbocycles. The highest BCUT2D eigenvalue weighted by atomic mass is 28.4. The second-order valence-corrected chi connectivity index (χ2v) is 6.22. The normalized spacial score (nSPS) is 26.6. The van der Waals surface area contributed by atoms with Crippen LogP contribution in [0.3, 0.4) is 0 Å². The average molecular weight is 222 g/mol. The Hall–Kier alpha value is 0.0169. The highest BCUT2D eigenvalue weighted by Gasteiger charge is 2.40. The molecule has 5 nitrogen and oxygen atoms in total. The van der Waals surface area contributed by atoms with Crippen molar-refractivity contribution in [1.82, 2.24) is 0 Å². The minimum absolute atomic E-state index is 0.0488. The zero-order valence-corrected chi connectivity index (χ0v) is 10.1. The van der Waals surface area contributed by atoms with Crippen molar-refractivity contribution >= 4 is 8.80 Å². The van der Waals surface area contributed by atoms with Gasteiger partial charge in [0.2, 0.25) is 0 Å². The standard InChI is InChI=1S/C8H18O5Si/c1-7-8(13-7)12-5-6-14(9-2,10-3)11-4/h7-8H,5-6H2,1-4H3. The second kappa shape index (κ2) is 5.20. The van der Waals surface area contributed by atoms with Gasteiger partial charge in [0.05, 0.1) is 6.61 Å². The first-order valence-corrected chi connectivity index (χ1v) is 6.53. The molecule has 14 heavy (non-hydrogen) atoms. The molecule has 0 aromatic heterocycles. The molecule has 0 aliphatic carbocycles. The Labute approximate surface area is 85.6 Å². The summed E-state index contributed by atoms with van der Waals surface area (Å²) in [5.41, 5.74) is 0. The molecule has 2 unspecified atom stereocenters. The van der Waals surface area contributed by atoms with Crippen LogP contribution in [0.4, 0.5) is 0 Å². The van der Waals surface area contributed by atoms with E-state index in [1.807, 2.05) is 6.92 Å². The monoisotopic (exact) mass is 222 g/mol. The first kappa shape index (κ1) is 12.1. The quantitative estimate of drug-likeness (QED) is 0.467. The second-order valence-electron chi connectivity index (χ2n) is 3.13. The van der Waals surface area contributed by atoms with Gasteiger partial charge in [0.25, 0.3) is 0 Å². The predicted octanol–water partition coefficient (Wildman–Crippen LogP) is 0.626. The summed E-state index contributed by atoms with van der Waals surface area (Å²) in [6, 6.07) is 0.642. The van der Waals surface area contributed by atoms with Gasteiger partial charge in [-0.05, 0) is 6.92 Å². The zero-order valence-electron chi connectivity index (χ0n) is 9.11. The summed E-state index contributed by atoms with van der Waals surface area (Å²) in [5, 5.41) is 0. The van der Waals surface area contributed by atoms with Gasteiger partial charge in [0, 0.05) is 27.4 Å². The van der Waals surface area contributed by atoms with Gasteiger partial charge in [-0.3, -0.25) is 0 Å². The van der Waals surface area contributed by atoms with Gasteiger partial charge in [-0.1, -0.05) is 0 Å². The third kappa shape index (κ3) is 3.01. The van der Waals surface area contributed by atoms with Gasteiger partial charge in [-0.2, -0.15) is 0 Å². The van der Waals surface area contributed by atoms with E-state index in [-0.39, 0.29) is 12.4 Å². The van der Waals surface area contributed by atoms with Gasteiger partial charge in [-0.15, -0.1) is 0 Å². The molecule has 0 saturated carbocycles. The highest BCUT2D eigenvalue weighted by Crippen LogP contribution is 2.23. The first-order chi connectivity index (χ1) is 6.67. The van der Waals surface area contributed by atoms with E-state index in [0.29, 0.717) is 12.7 Å². The number of hydrogen-bond donors (Lipinski definition) is 0. The lowest BCUT2D eigenvalue weighted by molar-refractivity contribution is 0.0451. The first-order valence-electron chi connectivity index (χ1n) is 4.60. The van der Waals surface area contributed by atoms with Crippen LogP contribution in [0.25, 0.3) is 0 Å². The Morgan fingerprint density at radius 2 is 1.64 bits per heavy atom. The van der Waals surface area contributed by atoms with Crippen molar-refractivity contribution in [3.8, 4) is 0 Å². The molecule has 2 atom stereocenters. The van der Waals surface area contributed by atoms with Crippen LogP contribution in [0.2, 0.25) is 6.04 Å². The predicted molar refractivity (Wildman–Crippen MR) is 51.9 cm³/mol. The molecule has 0 bridgehead atoms. The molecule has 84 valence electrons. The molecule has 0 N–H and O–H groups in total. The molecular formula is C8H18O5Si. The summed E-state index contributed by atoms with van der Waals surface area (Å²) in [7, 11) is 2.32. The lowest BCUT2D eigenvalue weighted by Gasteiger charge is -2.23. The number of rotatable bonds is 7. The molecule has 0 aromatic rings. The van der Waals surface area contributed by atoms with Crippen molar-refractivity contribution in [3.05, 3.63) is 0 Å². The van der Waals surface area contributed by atoms with Gasteiger partial charge in [0.15, 0.2) is 6.29 Å². The van der Waals surface area contributed by atoms with Gasteiger partial charge in [-0.25, -0.2) is 0 Å². The number of epoxide rings is 1. The SMILES string of the molecule is CO[Si](CCOC1OC1C)(OC)OC. The summed E-state index contributed by atoms with van der Waals surface area (Å²) >= 11 is 0. The lowest BCUT2D eigenvalue weighted by atomic mass is 10.5. The minimum Gasteiger partial charge on any atom is -0.377 e. The summed E-state index contributed by atoms with van der Waals surface area (Å²) in [4.78, 5) is 0. The van der Waals surface area contributed by atoms with Crippen molar-refractivity contribution in [2.24, 2.45) is 0 Å². The smallest absolute Gasteiger partial charge is 0.377 e. The fourth-order valence-corrected chi connectivity index (χ4v) is 2.68. The van der Waals surface area contributed by atoms with E-state index in [2.05, 4.69) is 0 Å². The largest absolute Gasteiger partial charge is 0.502 e. The van der Waals surface area contributed by atoms with E-state index < -0.39 is 8.80 Å². The van der Waals surface area contributed by atoms with Gasteiger partial charge in [0.1, 0.15) is 6.10 Å². The highest BCUT2D eigenvalue weighted by molar-refractivity contribution is 6.60. The molecule has 1 fully saturated rings. The van der Waals surface area contributed by atoms with E-state index >= 15 is 0 Å². The van der Waals surface area contributed by atoms with Crippen molar-refractivity contribution in [2.75, 3.05) is 27.9 Å². The fraction of sp³-hybridized carbons (Fsp3) is 1.00. The zero-order chi connectivity index (χ0) is 10.6. The molecular weight excluding hydrogens is 204 g/mol. The Morgan fingerprint density at radius 3 is 2.00 bits per heavy atom. The van der Waals surface area contributed by atoms with Crippen molar-refractivity contribution < 1.29 is 22.8 Å². The van der Waals surface area contributed by atoms with E-state index in [9.17, 15) is 0 Å². The Kier molecular flexibility index (Phi) is 4.49. The van der Waals surface area contributed by atoms with E-state index in [1.54, 1.807) is 21.3 Å². The summed E-state index contributed by atoms with van der Waals surface area (Å²) in [5.74, 6) is 0. The molecule has 0 spiro atoms. The minimum atomic E-state index is -2.46. The average Bonchev–Trinajstić information content (AvgIpc) is 2.90. The maximum Gasteiger partial charge on any atom is 0.502 e. The molecule has 1 aliphatic rings. The molecule has 1 rings (SSSR count). The summed E-state index contributed by atoms with van der Waals surface area (Å²) in [6.07, 6.45) is 0.172. The molecule has 1 saturated heterocycles. The third-order valence-corrected chi connectivity index (χ3v) is 4.96. The fourth-order valence-electron chi connectivity index (χ4n) is 1.20. The number of hydrogen-bond acceptors (Lipinski definition) is 5. The van der Waals surface area contributed by atoms with Crippen molar-refractivity contribution in [2.45, 2.75) is 25.4 Å². The van der Waals surface area contributed by atoms with Crippen LogP contribution in [0, 0.1) is 0 Å². The van der Waals surface area contributed by atoms with Crippen LogP contribution in [0.15, 0.2) is 0 Å². The molecule has 0 amide bonds. The van der Waals surface area contributed by atoms with E-state index in [4.69, 9.17) is 22.8 Å². The van der Waals surface area contributed by atoms with Crippen molar-refractivity contribution in [3.63, 3.8) is 0 Å². The van der Waals surface area contributed by atoms with Crippen LogP contribution in [0.1, 0.15) is 6.92 Å². The Morgan fingerprint density at radius 1 is 1.14 bits per heavy atom. The van der Waals surface area contributed by atoms with Crippen LogP contribution in [-0.4, -0.2) is 49.1 Å². The maximum absolute atomic E-state index is 5.40. The summed E-state index contributed by atoms with van der Waals surface area (Å²) < 4.78 is 26.2. The van der Waals surface area contributed by atoms with Gasteiger partial charge < -0.3 is 22.8 Å². The maximum atomic E-state index is 5.40. The van der Waals surface area contributed by atoms with Crippen LogP contribution in [-0.2, 0) is 22.8 Å². The Balaban J connectivity index is 2.19. The van der Waals surface area contributed by atoms with Crippen molar-refractivity contribution in [1.29, 1.82) is 0 Å². The van der Waals surface area contributed by atoms with Crippen LogP contribution in [0.5, 0.6) is 0 Å². The van der Waals surface area contributed by atoms with E-state index in [0.717, 1.165) is 0 Å². The molecule has 0 radical (unpaired) electrons. The Bertz CT molecular complexity index is 165. The molecule has 1 heterocycles. The van der Waals surface area contributed by atoms with E-state index in [1.165, 1.54) is 0 Å². The van der Waals surface area contributed by atoms with Gasteiger partial charge >= 0.3 is 8.80 Å². The lowest BCUT2D eigenvalue weighted by Crippen LogP contribution is -2.43. The van der Waals surface area contributed by atoms with Crippen LogP contribution >= 0.6 is 0 Å². The number of ether oxygens (including phenoxy) is 2. The third-order valence-electron chi connectivity index (χ3n) is 2.28. The molecule has 1 aliphatic heterocycles. The summed E-state index contributed by atoms with van der Waals surface area (Å²) in [6.45, 7) is 2.51. The molecule has 6 heteroatoms. The van der Waals surface area contributed by atoms with Crippen LogP contribution < -0.4 is 0 Å². The topological polar surface area (TPSA) is 49.5 Å².